The molecule has 0 aromatic heterocycles. The number of nitro groups is 2. The number of halogens is 1. The van der Waals surface area contributed by atoms with E-state index in [-0.39, 0.29) is 34.3 Å². The third kappa shape index (κ3) is 5.62. The lowest BCUT2D eigenvalue weighted by Gasteiger charge is -2.10. The molecule has 0 atom stereocenters. The van der Waals surface area contributed by atoms with E-state index in [1.54, 1.807) is 0 Å². The van der Waals surface area contributed by atoms with E-state index >= 15 is 0 Å². The number of rotatable bonds is 8. The first-order valence-corrected chi connectivity index (χ1v) is 10.2. The second kappa shape index (κ2) is 8.84. The van der Waals surface area contributed by atoms with Crippen LogP contribution < -0.4 is 10.6 Å². The molecule has 0 saturated carbocycles. The first kappa shape index (κ1) is 22.0. The van der Waals surface area contributed by atoms with Gasteiger partial charge in [0.25, 0.3) is 17.3 Å². The number of carbonyl (C=O) groups excluding carboxylic acids is 1. The Hall–Kier alpha value is -3.25. The highest BCUT2D eigenvalue weighted by Gasteiger charge is 2.21. The first-order valence-electron chi connectivity index (χ1n) is 7.95. The maximum atomic E-state index is 12.2. The van der Waals surface area contributed by atoms with Crippen LogP contribution in [0.15, 0.2) is 41.3 Å². The molecule has 0 heterocycles. The minimum Gasteiger partial charge on any atom is -0.378 e. The molecule has 2 aromatic carbocycles. The molecule has 13 heteroatoms. The van der Waals surface area contributed by atoms with Crippen molar-refractivity contribution in [1.82, 2.24) is 5.32 Å². The van der Waals surface area contributed by atoms with Gasteiger partial charge < -0.3 is 10.6 Å². The Balaban J connectivity index is 2.05. The molecule has 11 nitrogen and oxygen atoms in total. The largest absolute Gasteiger partial charge is 0.378 e. The highest BCUT2D eigenvalue weighted by atomic mass is 35.5. The topological polar surface area (TPSA) is 162 Å². The van der Waals surface area contributed by atoms with E-state index in [9.17, 15) is 33.4 Å². The molecule has 2 aromatic rings. The zero-order valence-corrected chi connectivity index (χ0v) is 16.5. The number of hydrogen-bond acceptors (Lipinski definition) is 8. The maximum absolute atomic E-state index is 12.2. The van der Waals surface area contributed by atoms with Crippen LogP contribution in [0.2, 0.25) is 5.02 Å². The summed E-state index contributed by atoms with van der Waals surface area (Å²) in [5, 5.41) is 27.5. The van der Waals surface area contributed by atoms with Gasteiger partial charge in [-0.15, -0.1) is 0 Å². The summed E-state index contributed by atoms with van der Waals surface area (Å²) in [6.45, 7) is 0.0375. The minimum atomic E-state index is -3.61. The van der Waals surface area contributed by atoms with Crippen molar-refractivity contribution < 1.29 is 23.1 Å². The Kier molecular flexibility index (Phi) is 6.72. The molecule has 0 saturated heterocycles. The number of anilines is 1. The number of nitrogens with one attached hydrogen (secondary N) is 2. The Morgan fingerprint density at radius 1 is 1.03 bits per heavy atom. The Morgan fingerprint density at radius 2 is 1.69 bits per heavy atom. The molecule has 154 valence electrons. The number of hydrogen-bond donors (Lipinski definition) is 2. The van der Waals surface area contributed by atoms with Gasteiger partial charge in [-0.1, -0.05) is 11.6 Å². The second-order valence-corrected chi connectivity index (χ2v) is 8.26. The van der Waals surface area contributed by atoms with Gasteiger partial charge in [0.05, 0.1) is 14.7 Å². The van der Waals surface area contributed by atoms with Crippen molar-refractivity contribution in [2.45, 2.75) is 4.90 Å². The summed E-state index contributed by atoms with van der Waals surface area (Å²) < 4.78 is 23.1. The molecule has 1 amide bonds. The number of carbonyl (C=O) groups is 1. The van der Waals surface area contributed by atoms with Crippen LogP contribution in [-0.2, 0) is 9.84 Å². The normalized spacial score (nSPS) is 11.0. The van der Waals surface area contributed by atoms with Gasteiger partial charge in [-0.25, -0.2) is 8.42 Å². The fourth-order valence-corrected chi connectivity index (χ4v) is 3.17. The number of amides is 1. The van der Waals surface area contributed by atoms with E-state index < -0.39 is 37.0 Å². The van der Waals surface area contributed by atoms with E-state index in [1.807, 2.05) is 0 Å². The zero-order valence-electron chi connectivity index (χ0n) is 14.9. The van der Waals surface area contributed by atoms with E-state index in [4.69, 9.17) is 11.6 Å². The van der Waals surface area contributed by atoms with Crippen molar-refractivity contribution in [3.8, 4) is 0 Å². The fourth-order valence-electron chi connectivity index (χ4n) is 2.36. The van der Waals surface area contributed by atoms with E-state index in [2.05, 4.69) is 10.6 Å². The summed E-state index contributed by atoms with van der Waals surface area (Å²) in [7, 11) is -3.61. The predicted octanol–water partition coefficient (Wildman–Crippen LogP) is 2.40. The molecule has 2 rings (SSSR count). The van der Waals surface area contributed by atoms with Gasteiger partial charge in [-0.3, -0.25) is 25.0 Å². The standard InChI is InChI=1S/C16H15ClN4O7S/c1-29(27,28)11-3-5-13(15(9-11)21(25)26)18-6-7-19-16(22)12-4-2-10(17)8-14(12)20(23)24/h2-5,8-9,18H,6-7H2,1H3,(H,19,22). The smallest absolute Gasteiger partial charge is 0.293 e. The van der Waals surface area contributed by atoms with Crippen molar-refractivity contribution in [2.24, 2.45) is 0 Å². The fraction of sp³-hybridized carbons (Fsp3) is 0.188. The lowest BCUT2D eigenvalue weighted by molar-refractivity contribution is -0.385. The molecule has 0 radical (unpaired) electrons. The van der Waals surface area contributed by atoms with Crippen LogP contribution in [0, 0.1) is 20.2 Å². The van der Waals surface area contributed by atoms with Crippen LogP contribution in [0.5, 0.6) is 0 Å². The van der Waals surface area contributed by atoms with Gasteiger partial charge in [0.15, 0.2) is 9.84 Å². The van der Waals surface area contributed by atoms with Crippen molar-refractivity contribution in [3.63, 3.8) is 0 Å². The van der Waals surface area contributed by atoms with Gasteiger partial charge >= 0.3 is 0 Å². The second-order valence-electron chi connectivity index (χ2n) is 5.81. The third-order valence-electron chi connectivity index (χ3n) is 3.72. The molecule has 0 bridgehead atoms. The molecule has 0 aliphatic heterocycles. The van der Waals surface area contributed by atoms with Crippen molar-refractivity contribution >= 4 is 44.4 Å². The number of nitro benzene ring substituents is 2. The van der Waals surface area contributed by atoms with Crippen LogP contribution in [-0.4, -0.2) is 43.5 Å². The van der Waals surface area contributed by atoms with Gasteiger partial charge in [0.1, 0.15) is 11.3 Å². The molecular formula is C16H15ClN4O7S. The van der Waals surface area contributed by atoms with Crippen molar-refractivity contribution in [2.75, 3.05) is 24.7 Å². The summed E-state index contributed by atoms with van der Waals surface area (Å²) >= 11 is 5.70. The number of benzene rings is 2. The molecule has 0 aliphatic rings. The summed E-state index contributed by atoms with van der Waals surface area (Å²) in [4.78, 5) is 32.7. The molecule has 0 aliphatic carbocycles. The quantitative estimate of drug-likeness (QED) is 0.357. The van der Waals surface area contributed by atoms with Crippen molar-refractivity contribution in [1.29, 1.82) is 0 Å². The van der Waals surface area contributed by atoms with Gasteiger partial charge in [0.2, 0.25) is 0 Å². The van der Waals surface area contributed by atoms with E-state index in [0.29, 0.717) is 0 Å². The molecule has 0 spiro atoms. The maximum Gasteiger partial charge on any atom is 0.293 e. The molecule has 0 unspecified atom stereocenters. The first-order chi connectivity index (χ1) is 13.5. The lowest BCUT2D eigenvalue weighted by atomic mass is 10.1. The van der Waals surface area contributed by atoms with E-state index in [0.717, 1.165) is 18.4 Å². The Morgan fingerprint density at radius 3 is 2.28 bits per heavy atom. The SMILES string of the molecule is CS(=O)(=O)c1ccc(NCCNC(=O)c2ccc(Cl)cc2[N+](=O)[O-])c([N+](=O)[O-])c1. The number of nitrogens with zero attached hydrogens (tertiary/aromatic N) is 2. The van der Waals surface area contributed by atoms with Gasteiger partial charge in [-0.05, 0) is 24.3 Å². The monoisotopic (exact) mass is 442 g/mol. The number of sulfone groups is 1. The Labute approximate surface area is 169 Å². The predicted molar refractivity (Wildman–Crippen MR) is 105 cm³/mol. The van der Waals surface area contributed by atoms with Crippen LogP contribution in [0.25, 0.3) is 0 Å². The average molecular weight is 443 g/mol. The van der Waals surface area contributed by atoms with E-state index in [1.165, 1.54) is 24.3 Å². The molecular weight excluding hydrogens is 428 g/mol. The van der Waals surface area contributed by atoms with Crippen molar-refractivity contribution in [3.05, 3.63) is 67.2 Å². The lowest BCUT2D eigenvalue weighted by Crippen LogP contribution is -2.29. The van der Waals surface area contributed by atoms with Gasteiger partial charge in [0, 0.05) is 36.5 Å². The third-order valence-corrected chi connectivity index (χ3v) is 5.07. The molecule has 0 fully saturated rings. The summed E-state index contributed by atoms with van der Waals surface area (Å²) in [5.41, 5.74) is -1.00. The molecule has 2 N–H and O–H groups in total. The van der Waals surface area contributed by atoms with Crippen LogP contribution in [0.1, 0.15) is 10.4 Å². The average Bonchev–Trinajstić information content (AvgIpc) is 2.63. The van der Waals surface area contributed by atoms with Crippen LogP contribution >= 0.6 is 11.6 Å². The zero-order chi connectivity index (χ0) is 21.8. The summed E-state index contributed by atoms with van der Waals surface area (Å²) in [6.07, 6.45) is 0.935. The summed E-state index contributed by atoms with van der Waals surface area (Å²) in [6, 6.07) is 7.03. The highest BCUT2D eigenvalue weighted by molar-refractivity contribution is 7.90. The molecule has 29 heavy (non-hydrogen) atoms. The van der Waals surface area contributed by atoms with Crippen LogP contribution in [0.4, 0.5) is 17.1 Å². The highest BCUT2D eigenvalue weighted by Crippen LogP contribution is 2.27. The van der Waals surface area contributed by atoms with Crippen LogP contribution in [0.3, 0.4) is 0 Å². The Bertz CT molecular complexity index is 1090. The van der Waals surface area contributed by atoms with Gasteiger partial charge in [-0.2, -0.15) is 0 Å². The summed E-state index contributed by atoms with van der Waals surface area (Å²) in [5.74, 6) is -0.711. The minimum absolute atomic E-state index is 0.0103.